The third-order valence-corrected chi connectivity index (χ3v) is 1.88. The largest absolute Gasteiger partial charge is 0.397 e. The van der Waals surface area contributed by atoms with Gasteiger partial charge >= 0.3 is 0 Å². The van der Waals surface area contributed by atoms with Crippen LogP contribution in [-0.2, 0) is 0 Å². The second kappa shape index (κ2) is 3.81. The average molecular weight is 175 g/mol. The maximum atomic E-state index is 8.78. The number of nitrogens with zero attached hydrogens (tertiary/aromatic N) is 1. The molecule has 0 aliphatic carbocycles. The summed E-state index contributed by atoms with van der Waals surface area (Å²) in [4.78, 5) is 0. The van der Waals surface area contributed by atoms with Crippen molar-refractivity contribution >= 4 is 11.4 Å². The first kappa shape index (κ1) is 9.40. The van der Waals surface area contributed by atoms with Gasteiger partial charge in [0.2, 0.25) is 0 Å². The van der Waals surface area contributed by atoms with Crippen LogP contribution >= 0.6 is 0 Å². The summed E-state index contributed by atoms with van der Waals surface area (Å²) in [6.45, 7) is 4.67. The van der Waals surface area contributed by atoms with Crippen LogP contribution in [0.4, 0.5) is 11.4 Å². The van der Waals surface area contributed by atoms with Gasteiger partial charge in [-0.05, 0) is 31.5 Å². The molecule has 0 unspecified atom stereocenters. The van der Waals surface area contributed by atoms with E-state index in [4.69, 9.17) is 11.0 Å². The van der Waals surface area contributed by atoms with Gasteiger partial charge in [-0.15, -0.1) is 0 Å². The molecule has 0 saturated heterocycles. The molecule has 3 heteroatoms. The Hall–Kier alpha value is -1.69. The number of aryl methyl sites for hydroxylation is 1. The van der Waals surface area contributed by atoms with Crippen LogP contribution in [0.2, 0.25) is 0 Å². The van der Waals surface area contributed by atoms with Gasteiger partial charge in [0, 0.05) is 6.54 Å². The number of rotatable bonds is 2. The van der Waals surface area contributed by atoms with Crippen molar-refractivity contribution in [3.05, 3.63) is 23.3 Å². The van der Waals surface area contributed by atoms with Crippen molar-refractivity contribution < 1.29 is 0 Å². The molecule has 0 saturated carbocycles. The highest BCUT2D eigenvalue weighted by molar-refractivity contribution is 5.70. The van der Waals surface area contributed by atoms with Crippen molar-refractivity contribution in [2.75, 3.05) is 17.6 Å². The normalized spacial score (nSPS) is 9.31. The number of anilines is 2. The fourth-order valence-electron chi connectivity index (χ4n) is 1.19. The Bertz CT molecular complexity index is 350. The van der Waals surface area contributed by atoms with E-state index in [1.807, 2.05) is 19.9 Å². The van der Waals surface area contributed by atoms with Gasteiger partial charge in [0.15, 0.2) is 0 Å². The Morgan fingerprint density at radius 3 is 2.77 bits per heavy atom. The molecule has 1 aromatic rings. The van der Waals surface area contributed by atoms with Crippen molar-refractivity contribution in [1.82, 2.24) is 0 Å². The highest BCUT2D eigenvalue weighted by atomic mass is 14.9. The molecule has 0 bridgehead atoms. The molecule has 1 rings (SSSR count). The van der Waals surface area contributed by atoms with Crippen molar-refractivity contribution in [3.63, 3.8) is 0 Å². The van der Waals surface area contributed by atoms with Gasteiger partial charge in [-0.25, -0.2) is 0 Å². The molecule has 0 amide bonds. The molecule has 0 aromatic heterocycles. The molecule has 0 aliphatic heterocycles. The van der Waals surface area contributed by atoms with Crippen LogP contribution in [0, 0.1) is 18.3 Å². The Kier molecular flexibility index (Phi) is 2.76. The summed E-state index contributed by atoms with van der Waals surface area (Å²) in [7, 11) is 0. The van der Waals surface area contributed by atoms with Crippen LogP contribution in [0.3, 0.4) is 0 Å². The van der Waals surface area contributed by atoms with Gasteiger partial charge < -0.3 is 11.1 Å². The summed E-state index contributed by atoms with van der Waals surface area (Å²) >= 11 is 0. The first-order valence-electron chi connectivity index (χ1n) is 4.23. The molecule has 0 fully saturated rings. The zero-order chi connectivity index (χ0) is 9.84. The minimum absolute atomic E-state index is 0.671. The lowest BCUT2D eigenvalue weighted by molar-refractivity contribution is 1.21. The molecule has 0 spiro atoms. The van der Waals surface area contributed by atoms with E-state index in [-0.39, 0.29) is 0 Å². The highest BCUT2D eigenvalue weighted by Crippen LogP contribution is 2.22. The summed E-state index contributed by atoms with van der Waals surface area (Å²) in [5.74, 6) is 0. The first-order chi connectivity index (χ1) is 6.19. The van der Waals surface area contributed by atoms with E-state index >= 15 is 0 Å². The highest BCUT2D eigenvalue weighted by Gasteiger charge is 2.03. The second-order valence-corrected chi connectivity index (χ2v) is 2.90. The lowest BCUT2D eigenvalue weighted by Gasteiger charge is -2.08. The average Bonchev–Trinajstić information content (AvgIpc) is 2.10. The van der Waals surface area contributed by atoms with Crippen LogP contribution in [0.25, 0.3) is 0 Å². The molecule has 0 radical (unpaired) electrons. The molecular weight excluding hydrogens is 162 g/mol. The Labute approximate surface area is 78.2 Å². The van der Waals surface area contributed by atoms with Gasteiger partial charge in [0.05, 0.1) is 23.0 Å². The molecule has 3 nitrogen and oxygen atoms in total. The third-order valence-electron chi connectivity index (χ3n) is 1.88. The second-order valence-electron chi connectivity index (χ2n) is 2.90. The SMILES string of the molecule is CCNc1cc(C#N)c(C)cc1N. The maximum Gasteiger partial charge on any atom is 0.0995 e. The predicted molar refractivity (Wildman–Crippen MR) is 54.5 cm³/mol. The maximum absolute atomic E-state index is 8.78. The number of nitrogens with two attached hydrogens (primary N) is 1. The quantitative estimate of drug-likeness (QED) is 0.674. The first-order valence-corrected chi connectivity index (χ1v) is 4.23. The zero-order valence-electron chi connectivity index (χ0n) is 7.89. The molecule has 3 N–H and O–H groups in total. The van der Waals surface area contributed by atoms with Crippen molar-refractivity contribution in [1.29, 1.82) is 5.26 Å². The van der Waals surface area contributed by atoms with Gasteiger partial charge in [-0.2, -0.15) is 5.26 Å². The minimum atomic E-state index is 0.671. The fourth-order valence-corrected chi connectivity index (χ4v) is 1.19. The van der Waals surface area contributed by atoms with E-state index in [2.05, 4.69) is 11.4 Å². The number of hydrogen-bond acceptors (Lipinski definition) is 3. The topological polar surface area (TPSA) is 61.8 Å². The van der Waals surface area contributed by atoms with Crippen molar-refractivity contribution in [2.24, 2.45) is 0 Å². The van der Waals surface area contributed by atoms with Gasteiger partial charge in [0.25, 0.3) is 0 Å². The van der Waals surface area contributed by atoms with Gasteiger partial charge in [-0.3, -0.25) is 0 Å². The molecule has 13 heavy (non-hydrogen) atoms. The van der Waals surface area contributed by atoms with E-state index < -0.39 is 0 Å². The van der Waals surface area contributed by atoms with E-state index in [0.717, 1.165) is 17.8 Å². The number of nitriles is 1. The van der Waals surface area contributed by atoms with Gasteiger partial charge in [-0.1, -0.05) is 0 Å². The fraction of sp³-hybridized carbons (Fsp3) is 0.300. The standard InChI is InChI=1S/C10H13N3/c1-3-13-10-5-8(6-11)7(2)4-9(10)12/h4-5,13H,3,12H2,1-2H3. The van der Waals surface area contributed by atoms with Crippen LogP contribution in [0.5, 0.6) is 0 Å². The summed E-state index contributed by atoms with van der Waals surface area (Å²) < 4.78 is 0. The monoisotopic (exact) mass is 175 g/mol. The van der Waals surface area contributed by atoms with Crippen molar-refractivity contribution in [3.8, 4) is 6.07 Å². The van der Waals surface area contributed by atoms with Gasteiger partial charge in [0.1, 0.15) is 0 Å². The molecule has 0 aliphatic rings. The third kappa shape index (κ3) is 1.91. The number of benzene rings is 1. The number of nitrogens with one attached hydrogen (secondary N) is 1. The molecule has 0 heterocycles. The van der Waals surface area contributed by atoms with Crippen LogP contribution < -0.4 is 11.1 Å². The summed E-state index contributed by atoms with van der Waals surface area (Å²) in [6, 6.07) is 5.73. The predicted octanol–water partition coefficient (Wildman–Crippen LogP) is 1.88. The van der Waals surface area contributed by atoms with E-state index in [9.17, 15) is 0 Å². The molecule has 1 aromatic carbocycles. The molecule has 68 valence electrons. The van der Waals surface area contributed by atoms with Crippen molar-refractivity contribution in [2.45, 2.75) is 13.8 Å². The van der Waals surface area contributed by atoms with Crippen LogP contribution in [-0.4, -0.2) is 6.54 Å². The Morgan fingerprint density at radius 1 is 1.54 bits per heavy atom. The smallest absolute Gasteiger partial charge is 0.0995 e. The van der Waals surface area contributed by atoms with E-state index in [1.165, 1.54) is 0 Å². The summed E-state index contributed by atoms with van der Waals surface area (Å²) in [5, 5.41) is 11.9. The molecule has 0 atom stereocenters. The Balaban J connectivity index is 3.16. The lowest BCUT2D eigenvalue weighted by Crippen LogP contribution is -2.02. The van der Waals surface area contributed by atoms with Crippen LogP contribution in [0.15, 0.2) is 12.1 Å². The van der Waals surface area contributed by atoms with E-state index in [1.54, 1.807) is 6.07 Å². The Morgan fingerprint density at radius 2 is 2.23 bits per heavy atom. The summed E-state index contributed by atoms with van der Waals surface area (Å²) in [5.41, 5.74) is 8.88. The molecular formula is C10H13N3. The minimum Gasteiger partial charge on any atom is -0.397 e. The number of hydrogen-bond donors (Lipinski definition) is 2. The zero-order valence-corrected chi connectivity index (χ0v) is 7.89. The number of nitrogen functional groups attached to an aromatic ring is 1. The lowest BCUT2D eigenvalue weighted by atomic mass is 10.1. The van der Waals surface area contributed by atoms with E-state index in [0.29, 0.717) is 11.3 Å². The summed E-state index contributed by atoms with van der Waals surface area (Å²) in [6.07, 6.45) is 0. The van der Waals surface area contributed by atoms with Crippen LogP contribution in [0.1, 0.15) is 18.1 Å².